The van der Waals surface area contributed by atoms with Crippen LogP contribution in [0, 0.1) is 5.82 Å². The van der Waals surface area contributed by atoms with Gasteiger partial charge in [-0.3, -0.25) is 9.59 Å². The number of H-pyrrole nitrogens is 1. The lowest BCUT2D eigenvalue weighted by Gasteiger charge is -2.32. The summed E-state index contributed by atoms with van der Waals surface area (Å²) in [6, 6.07) is 14.3. The summed E-state index contributed by atoms with van der Waals surface area (Å²) in [5.74, 6) is 0.159. The van der Waals surface area contributed by atoms with Crippen LogP contribution >= 0.6 is 0 Å². The van der Waals surface area contributed by atoms with Gasteiger partial charge >= 0.3 is 0 Å². The fourth-order valence-electron chi connectivity index (χ4n) is 4.01. The van der Waals surface area contributed by atoms with Crippen LogP contribution < -0.4 is 0 Å². The minimum atomic E-state index is -0.226. The molecule has 1 saturated heterocycles. The van der Waals surface area contributed by atoms with Crippen LogP contribution in [0.25, 0.3) is 10.9 Å². The number of likely N-dealkylation sites (tertiary alicyclic amines) is 1. The maximum absolute atomic E-state index is 13.1. The Hall–Kier alpha value is -2.95. The fraction of sp³-hybridized carbons (Fsp3) is 0.304. The molecule has 0 spiro atoms. The van der Waals surface area contributed by atoms with Gasteiger partial charge in [0, 0.05) is 48.6 Å². The molecule has 3 aromatic rings. The van der Waals surface area contributed by atoms with Gasteiger partial charge in [0.1, 0.15) is 5.82 Å². The van der Waals surface area contributed by atoms with Crippen LogP contribution in [0.1, 0.15) is 47.5 Å². The van der Waals surface area contributed by atoms with Crippen molar-refractivity contribution in [2.45, 2.75) is 31.6 Å². The van der Waals surface area contributed by atoms with Gasteiger partial charge in [0.2, 0.25) is 5.91 Å². The Kier molecular flexibility index (Phi) is 5.24. The molecule has 0 atom stereocenters. The largest absolute Gasteiger partial charge is 0.360 e. The second-order valence-corrected chi connectivity index (χ2v) is 7.38. The van der Waals surface area contributed by atoms with Gasteiger partial charge in [0.05, 0.1) is 0 Å². The standard InChI is InChI=1S/C23H23FN2O2/c24-18-7-5-16(6-8-18)17-11-13-26(14-12-17)23(28)10-9-22(27)20-15-25-21-4-2-1-3-19(20)21/h1-8,15,17,25H,9-14H2. The zero-order chi connectivity index (χ0) is 19.5. The number of hydrogen-bond acceptors (Lipinski definition) is 2. The van der Waals surface area contributed by atoms with E-state index in [2.05, 4.69) is 4.98 Å². The first-order valence-corrected chi connectivity index (χ1v) is 9.74. The van der Waals surface area contributed by atoms with E-state index in [1.165, 1.54) is 12.1 Å². The Morgan fingerprint density at radius 1 is 1.00 bits per heavy atom. The van der Waals surface area contributed by atoms with Crippen molar-refractivity contribution >= 4 is 22.6 Å². The highest BCUT2D eigenvalue weighted by Crippen LogP contribution is 2.28. The van der Waals surface area contributed by atoms with Crippen molar-refractivity contribution in [1.82, 2.24) is 9.88 Å². The number of aromatic nitrogens is 1. The fourth-order valence-corrected chi connectivity index (χ4v) is 4.01. The molecule has 4 rings (SSSR count). The first-order valence-electron chi connectivity index (χ1n) is 9.74. The van der Waals surface area contributed by atoms with E-state index >= 15 is 0 Å². The van der Waals surface area contributed by atoms with Crippen LogP contribution in [0.5, 0.6) is 0 Å². The molecule has 1 aliphatic rings. The predicted molar refractivity (Wildman–Crippen MR) is 107 cm³/mol. The number of nitrogens with zero attached hydrogens (tertiary/aromatic N) is 1. The van der Waals surface area contributed by atoms with E-state index in [9.17, 15) is 14.0 Å². The first kappa shape index (κ1) is 18.4. The quantitative estimate of drug-likeness (QED) is 0.656. The van der Waals surface area contributed by atoms with Crippen molar-refractivity contribution < 1.29 is 14.0 Å². The Bertz CT molecular complexity index is 985. The molecule has 144 valence electrons. The van der Waals surface area contributed by atoms with Gasteiger partial charge in [-0.05, 0) is 42.5 Å². The van der Waals surface area contributed by atoms with Crippen molar-refractivity contribution in [3.8, 4) is 0 Å². The highest BCUT2D eigenvalue weighted by atomic mass is 19.1. The zero-order valence-electron chi connectivity index (χ0n) is 15.7. The van der Waals surface area contributed by atoms with E-state index in [0.29, 0.717) is 24.6 Å². The van der Waals surface area contributed by atoms with Gasteiger partial charge < -0.3 is 9.88 Å². The Balaban J connectivity index is 1.30. The normalized spacial score (nSPS) is 15.1. The number of halogens is 1. The van der Waals surface area contributed by atoms with E-state index in [-0.39, 0.29) is 30.3 Å². The molecule has 2 aromatic carbocycles. The summed E-state index contributed by atoms with van der Waals surface area (Å²) in [4.78, 5) is 30.0. The number of amides is 1. The maximum atomic E-state index is 13.1. The van der Waals surface area contributed by atoms with Gasteiger partial charge in [-0.15, -0.1) is 0 Å². The minimum Gasteiger partial charge on any atom is -0.360 e. The first-order chi connectivity index (χ1) is 13.6. The van der Waals surface area contributed by atoms with E-state index in [4.69, 9.17) is 0 Å². The van der Waals surface area contributed by atoms with Crippen LogP contribution in [0.15, 0.2) is 54.7 Å². The molecule has 0 saturated carbocycles. The lowest BCUT2D eigenvalue weighted by atomic mass is 9.89. The Labute approximate surface area is 163 Å². The predicted octanol–water partition coefficient (Wildman–Crippen LogP) is 4.68. The van der Waals surface area contributed by atoms with Crippen molar-refractivity contribution in [2.75, 3.05) is 13.1 Å². The van der Waals surface area contributed by atoms with E-state index in [0.717, 1.165) is 29.3 Å². The third-order valence-corrected chi connectivity index (χ3v) is 5.64. The monoisotopic (exact) mass is 378 g/mol. The van der Waals surface area contributed by atoms with Crippen molar-refractivity contribution in [2.24, 2.45) is 0 Å². The molecular weight excluding hydrogens is 355 g/mol. The van der Waals surface area contributed by atoms with Gasteiger partial charge in [-0.2, -0.15) is 0 Å². The van der Waals surface area contributed by atoms with Crippen molar-refractivity contribution in [1.29, 1.82) is 0 Å². The SMILES string of the molecule is O=C(CCC(=O)N1CCC(c2ccc(F)cc2)CC1)c1c[nH]c2ccccc12. The van der Waals surface area contributed by atoms with Crippen LogP contribution in [0.4, 0.5) is 4.39 Å². The number of carbonyl (C=O) groups is 2. The summed E-state index contributed by atoms with van der Waals surface area (Å²) in [6.45, 7) is 1.37. The van der Waals surface area contributed by atoms with Crippen molar-refractivity contribution in [3.63, 3.8) is 0 Å². The number of carbonyl (C=O) groups excluding carboxylic acids is 2. The lowest BCUT2D eigenvalue weighted by Crippen LogP contribution is -2.38. The summed E-state index contributed by atoms with van der Waals surface area (Å²) < 4.78 is 13.1. The highest BCUT2D eigenvalue weighted by Gasteiger charge is 2.24. The molecule has 1 amide bonds. The minimum absolute atomic E-state index is 0.00741. The summed E-state index contributed by atoms with van der Waals surface area (Å²) in [6.07, 6.45) is 3.92. The summed E-state index contributed by atoms with van der Waals surface area (Å²) in [7, 11) is 0. The average molecular weight is 378 g/mol. The summed E-state index contributed by atoms with van der Waals surface area (Å²) in [5.41, 5.74) is 2.71. The number of aromatic amines is 1. The van der Waals surface area contributed by atoms with Gasteiger partial charge in [-0.25, -0.2) is 4.39 Å². The third kappa shape index (κ3) is 3.84. The molecule has 28 heavy (non-hydrogen) atoms. The van der Waals surface area contributed by atoms with E-state index < -0.39 is 0 Å². The van der Waals surface area contributed by atoms with Gasteiger partial charge in [0.15, 0.2) is 5.78 Å². The molecule has 1 fully saturated rings. The van der Waals surface area contributed by atoms with Crippen LogP contribution in [0.3, 0.4) is 0 Å². The number of benzene rings is 2. The summed E-state index contributed by atoms with van der Waals surface area (Å²) >= 11 is 0. The Morgan fingerprint density at radius 3 is 2.46 bits per heavy atom. The number of nitrogens with one attached hydrogen (secondary N) is 1. The topological polar surface area (TPSA) is 53.2 Å². The number of Topliss-reactive ketones (excluding diaryl/α,β-unsaturated/α-hetero) is 1. The highest BCUT2D eigenvalue weighted by molar-refractivity contribution is 6.08. The third-order valence-electron chi connectivity index (χ3n) is 5.64. The second kappa shape index (κ2) is 7.97. The molecule has 1 aliphatic heterocycles. The number of hydrogen-bond donors (Lipinski definition) is 1. The van der Waals surface area contributed by atoms with Crippen LogP contribution in [-0.4, -0.2) is 34.7 Å². The molecule has 2 heterocycles. The molecule has 0 radical (unpaired) electrons. The molecule has 0 bridgehead atoms. The average Bonchev–Trinajstić information content (AvgIpc) is 3.17. The number of ketones is 1. The molecule has 1 aromatic heterocycles. The van der Waals surface area contributed by atoms with E-state index in [1.54, 1.807) is 6.20 Å². The van der Waals surface area contributed by atoms with Crippen LogP contribution in [0.2, 0.25) is 0 Å². The Morgan fingerprint density at radius 2 is 1.71 bits per heavy atom. The molecule has 4 nitrogen and oxygen atoms in total. The molecule has 1 N–H and O–H groups in total. The molecular formula is C23H23FN2O2. The van der Waals surface area contributed by atoms with Gasteiger partial charge in [0.25, 0.3) is 0 Å². The second-order valence-electron chi connectivity index (χ2n) is 7.38. The van der Waals surface area contributed by atoms with E-state index in [1.807, 2.05) is 41.3 Å². The van der Waals surface area contributed by atoms with Gasteiger partial charge in [-0.1, -0.05) is 30.3 Å². The molecule has 0 unspecified atom stereocenters. The number of para-hydroxylation sites is 1. The molecule has 0 aliphatic carbocycles. The lowest BCUT2D eigenvalue weighted by molar-refractivity contribution is -0.132. The summed E-state index contributed by atoms with van der Waals surface area (Å²) in [5, 5.41) is 0.903. The number of rotatable bonds is 5. The zero-order valence-corrected chi connectivity index (χ0v) is 15.7. The number of fused-ring (bicyclic) bond motifs is 1. The van der Waals surface area contributed by atoms with Crippen LogP contribution in [-0.2, 0) is 4.79 Å². The molecule has 5 heteroatoms. The maximum Gasteiger partial charge on any atom is 0.223 e. The smallest absolute Gasteiger partial charge is 0.223 e. The number of piperidine rings is 1. The van der Waals surface area contributed by atoms with Crippen molar-refractivity contribution in [3.05, 3.63) is 71.7 Å².